The average molecular weight is 359 g/mol. The highest BCUT2D eigenvalue weighted by atomic mass is 16.5. The average Bonchev–Trinajstić information content (AvgIpc) is 2.67. The van der Waals surface area contributed by atoms with E-state index in [1.807, 2.05) is 12.1 Å². The van der Waals surface area contributed by atoms with E-state index in [-0.39, 0.29) is 0 Å². The minimum Gasteiger partial charge on any atom is -0.479 e. The summed E-state index contributed by atoms with van der Waals surface area (Å²) in [7, 11) is 0. The Kier molecular flexibility index (Phi) is 9.30. The van der Waals surface area contributed by atoms with Crippen molar-refractivity contribution in [3.63, 3.8) is 0 Å². The molecule has 3 heteroatoms. The predicted octanol–water partition coefficient (Wildman–Crippen LogP) is 6.62. The molecule has 1 aromatic carbocycles. The summed E-state index contributed by atoms with van der Waals surface area (Å²) in [4.78, 5) is 11.5. The van der Waals surface area contributed by atoms with Crippen molar-refractivity contribution in [2.45, 2.75) is 90.1 Å². The molecule has 3 nitrogen and oxygen atoms in total. The van der Waals surface area contributed by atoms with Crippen molar-refractivity contribution in [2.24, 2.45) is 0 Å². The fourth-order valence-corrected chi connectivity index (χ4v) is 3.53. The number of ether oxygens (including phenoxy) is 1. The zero-order valence-electron chi connectivity index (χ0n) is 16.2. The Balaban J connectivity index is 1.77. The second-order valence-electron chi connectivity index (χ2n) is 7.35. The molecule has 0 saturated carbocycles. The molecule has 0 spiro atoms. The quantitative estimate of drug-likeness (QED) is 0.427. The number of carboxylic acids is 1. The number of rotatable bonds is 12. The zero-order chi connectivity index (χ0) is 18.6. The first-order valence-electron chi connectivity index (χ1n) is 10.4. The minimum absolute atomic E-state index is 0.579. The van der Waals surface area contributed by atoms with Crippen LogP contribution < -0.4 is 4.74 Å². The number of carbonyl (C=O) groups is 1. The highest BCUT2D eigenvalue weighted by molar-refractivity contribution is 5.73. The lowest BCUT2D eigenvalue weighted by molar-refractivity contribution is -0.145. The summed E-state index contributed by atoms with van der Waals surface area (Å²) in [6, 6.07) is 7.93. The number of aliphatic carboxylic acids is 1. The zero-order valence-corrected chi connectivity index (χ0v) is 16.2. The van der Waals surface area contributed by atoms with Gasteiger partial charge < -0.3 is 9.84 Å². The third-order valence-corrected chi connectivity index (χ3v) is 5.14. The van der Waals surface area contributed by atoms with Gasteiger partial charge in [-0.2, -0.15) is 0 Å². The largest absolute Gasteiger partial charge is 0.479 e. The molecular formula is C23H34O3. The second-order valence-corrected chi connectivity index (χ2v) is 7.35. The number of allylic oxidation sites excluding steroid dienone is 2. The van der Waals surface area contributed by atoms with E-state index in [0.717, 1.165) is 25.7 Å². The summed E-state index contributed by atoms with van der Waals surface area (Å²) < 4.78 is 5.74. The predicted molar refractivity (Wildman–Crippen MR) is 108 cm³/mol. The molecule has 1 aliphatic rings. The van der Waals surface area contributed by atoms with E-state index in [4.69, 9.17) is 4.74 Å². The molecule has 2 rings (SSSR count). The smallest absolute Gasteiger partial charge is 0.344 e. The maximum Gasteiger partial charge on any atom is 0.344 e. The van der Waals surface area contributed by atoms with E-state index in [1.165, 1.54) is 56.1 Å². The van der Waals surface area contributed by atoms with E-state index in [9.17, 15) is 9.90 Å². The first-order valence-corrected chi connectivity index (χ1v) is 10.4. The monoisotopic (exact) mass is 358 g/mol. The van der Waals surface area contributed by atoms with Gasteiger partial charge in [0.25, 0.3) is 0 Å². The van der Waals surface area contributed by atoms with Gasteiger partial charge in [-0.1, -0.05) is 63.7 Å². The van der Waals surface area contributed by atoms with Crippen LogP contribution in [0.25, 0.3) is 5.57 Å². The van der Waals surface area contributed by atoms with Crippen LogP contribution in [0.15, 0.2) is 30.3 Å². The first-order chi connectivity index (χ1) is 12.7. The lowest BCUT2D eigenvalue weighted by Gasteiger charge is -2.16. The van der Waals surface area contributed by atoms with Crippen LogP contribution in [0.5, 0.6) is 5.75 Å². The molecule has 26 heavy (non-hydrogen) atoms. The molecule has 144 valence electrons. The summed E-state index contributed by atoms with van der Waals surface area (Å²) in [5.74, 6) is -0.212. The van der Waals surface area contributed by atoms with Gasteiger partial charge in [0, 0.05) is 0 Å². The van der Waals surface area contributed by atoms with Crippen LogP contribution in [0.4, 0.5) is 0 Å². The van der Waals surface area contributed by atoms with Gasteiger partial charge in [0.2, 0.25) is 0 Å². The highest BCUT2D eigenvalue weighted by Crippen LogP contribution is 2.28. The summed E-state index contributed by atoms with van der Waals surface area (Å²) in [6.45, 7) is 2.22. The lowest BCUT2D eigenvalue weighted by atomic mass is 9.94. The Labute approximate surface area is 158 Å². The Morgan fingerprint density at radius 3 is 2.35 bits per heavy atom. The third-order valence-electron chi connectivity index (χ3n) is 5.14. The van der Waals surface area contributed by atoms with Gasteiger partial charge in [-0.3, -0.25) is 0 Å². The van der Waals surface area contributed by atoms with Gasteiger partial charge in [-0.05, 0) is 61.8 Å². The van der Waals surface area contributed by atoms with Crippen molar-refractivity contribution in [1.29, 1.82) is 0 Å². The third kappa shape index (κ3) is 7.23. The van der Waals surface area contributed by atoms with Gasteiger partial charge in [0.1, 0.15) is 5.75 Å². The van der Waals surface area contributed by atoms with Gasteiger partial charge in [0.05, 0.1) is 0 Å². The minimum atomic E-state index is -0.866. The number of carboxylic acid groups (broad SMARTS) is 1. The first kappa shape index (κ1) is 20.5. The molecule has 0 amide bonds. The standard InChI is InChI=1S/C23H34O3/c1-2-3-4-5-6-7-11-14-22(23(24)25)26-21-17-15-20(16-18-21)19-12-9-8-10-13-19/h12,15-18,22H,2-11,13-14H2,1H3,(H,24,25). The SMILES string of the molecule is CCCCCCCCCC(Oc1ccc(C2=CCCCC2)cc1)C(=O)O. The topological polar surface area (TPSA) is 46.5 Å². The Bertz CT molecular complexity index is 559. The van der Waals surface area contributed by atoms with Gasteiger partial charge in [-0.15, -0.1) is 0 Å². The molecule has 1 aliphatic carbocycles. The molecule has 1 N–H and O–H groups in total. The van der Waals surface area contributed by atoms with E-state index < -0.39 is 12.1 Å². The number of hydrogen-bond acceptors (Lipinski definition) is 2. The number of benzene rings is 1. The molecule has 1 aromatic rings. The molecule has 1 atom stereocenters. The summed E-state index contributed by atoms with van der Waals surface area (Å²) in [6.07, 6.45) is 15.3. The van der Waals surface area contributed by atoms with Crippen LogP contribution in [-0.2, 0) is 4.79 Å². The van der Waals surface area contributed by atoms with Gasteiger partial charge in [-0.25, -0.2) is 4.79 Å². The second kappa shape index (κ2) is 11.8. The molecule has 0 radical (unpaired) electrons. The van der Waals surface area contributed by atoms with Crippen LogP contribution in [-0.4, -0.2) is 17.2 Å². The molecule has 0 saturated heterocycles. The Hall–Kier alpha value is -1.77. The lowest BCUT2D eigenvalue weighted by Crippen LogP contribution is -2.26. The fraction of sp³-hybridized carbons (Fsp3) is 0.609. The van der Waals surface area contributed by atoms with Crippen LogP contribution in [0.2, 0.25) is 0 Å². The Morgan fingerprint density at radius 2 is 1.73 bits per heavy atom. The molecule has 0 aromatic heterocycles. The van der Waals surface area contributed by atoms with E-state index in [2.05, 4.69) is 25.1 Å². The van der Waals surface area contributed by atoms with Crippen molar-refractivity contribution >= 4 is 11.5 Å². The van der Waals surface area contributed by atoms with Crippen molar-refractivity contribution in [3.05, 3.63) is 35.9 Å². The van der Waals surface area contributed by atoms with Crippen LogP contribution in [0.1, 0.15) is 89.5 Å². The van der Waals surface area contributed by atoms with Crippen molar-refractivity contribution in [2.75, 3.05) is 0 Å². The van der Waals surface area contributed by atoms with Gasteiger partial charge >= 0.3 is 5.97 Å². The van der Waals surface area contributed by atoms with Gasteiger partial charge in [0.15, 0.2) is 6.10 Å². The Morgan fingerprint density at radius 1 is 1.04 bits per heavy atom. The maximum atomic E-state index is 11.5. The van der Waals surface area contributed by atoms with Crippen LogP contribution >= 0.6 is 0 Å². The van der Waals surface area contributed by atoms with E-state index in [0.29, 0.717) is 12.2 Å². The molecule has 0 heterocycles. The summed E-state index contributed by atoms with van der Waals surface area (Å²) >= 11 is 0. The van der Waals surface area contributed by atoms with Crippen molar-refractivity contribution < 1.29 is 14.6 Å². The molecule has 1 unspecified atom stereocenters. The fourth-order valence-electron chi connectivity index (χ4n) is 3.53. The molecule has 0 fully saturated rings. The molecular weight excluding hydrogens is 324 g/mol. The highest BCUT2D eigenvalue weighted by Gasteiger charge is 2.19. The number of unbranched alkanes of at least 4 members (excludes halogenated alkanes) is 6. The van der Waals surface area contributed by atoms with Crippen LogP contribution in [0.3, 0.4) is 0 Å². The van der Waals surface area contributed by atoms with E-state index in [1.54, 1.807) is 0 Å². The number of hydrogen-bond donors (Lipinski definition) is 1. The maximum absolute atomic E-state index is 11.5. The molecule has 0 bridgehead atoms. The van der Waals surface area contributed by atoms with E-state index >= 15 is 0 Å². The molecule has 0 aliphatic heterocycles. The van der Waals surface area contributed by atoms with Crippen LogP contribution in [0, 0.1) is 0 Å². The van der Waals surface area contributed by atoms with Crippen molar-refractivity contribution in [3.8, 4) is 5.75 Å². The van der Waals surface area contributed by atoms with Crippen molar-refractivity contribution in [1.82, 2.24) is 0 Å². The summed E-state index contributed by atoms with van der Waals surface area (Å²) in [5, 5.41) is 9.43. The summed E-state index contributed by atoms with van der Waals surface area (Å²) in [5.41, 5.74) is 2.64. The normalized spacial score (nSPS) is 15.3.